The van der Waals surface area contributed by atoms with Gasteiger partial charge in [0.25, 0.3) is 0 Å². The van der Waals surface area contributed by atoms with Crippen LogP contribution < -0.4 is 16.7 Å². The van der Waals surface area contributed by atoms with Gasteiger partial charge in [-0.25, -0.2) is 4.79 Å². The van der Waals surface area contributed by atoms with Gasteiger partial charge in [-0.3, -0.25) is 9.36 Å². The van der Waals surface area contributed by atoms with E-state index in [4.69, 9.17) is 10.5 Å². The molecule has 0 bridgehead atoms. The first-order valence-electron chi connectivity index (χ1n) is 6.63. The first-order valence-corrected chi connectivity index (χ1v) is 6.63. The van der Waals surface area contributed by atoms with Gasteiger partial charge in [-0.2, -0.15) is 0 Å². The highest BCUT2D eigenvalue weighted by atomic mass is 16.5. The number of H-pyrrole nitrogens is 1. The Bertz CT molecular complexity index is 696. The van der Waals surface area contributed by atoms with E-state index in [1.165, 1.54) is 4.57 Å². The maximum Gasteiger partial charge on any atom is 0.330 e. The summed E-state index contributed by atoms with van der Waals surface area (Å²) in [6.07, 6.45) is 3.71. The van der Waals surface area contributed by atoms with Crippen LogP contribution in [-0.2, 0) is 9.53 Å². The molecule has 21 heavy (non-hydrogen) atoms. The van der Waals surface area contributed by atoms with Crippen molar-refractivity contribution in [3.05, 3.63) is 47.1 Å². The minimum atomic E-state index is -0.962. The van der Waals surface area contributed by atoms with Gasteiger partial charge >= 0.3 is 5.69 Å². The molecule has 1 aromatic carbocycles. The Labute approximate surface area is 120 Å². The topological polar surface area (TPSA) is 102 Å². The maximum atomic E-state index is 12.1. The summed E-state index contributed by atoms with van der Waals surface area (Å²) in [5, 5.41) is 2.77. The van der Waals surface area contributed by atoms with E-state index >= 15 is 0 Å². The number of hydrogen-bond donors (Lipinski definition) is 3. The van der Waals surface area contributed by atoms with Crippen molar-refractivity contribution < 1.29 is 9.53 Å². The molecule has 1 atom stereocenters. The summed E-state index contributed by atoms with van der Waals surface area (Å²) in [6, 6.07) is 6.95. The number of nitrogens with two attached hydrogens (primary N) is 1. The molecule has 2 heterocycles. The van der Waals surface area contributed by atoms with Crippen LogP contribution in [0.5, 0.6) is 0 Å². The molecule has 0 aliphatic carbocycles. The molecule has 1 saturated heterocycles. The highest BCUT2D eigenvalue weighted by Crippen LogP contribution is 2.19. The van der Waals surface area contributed by atoms with Crippen LogP contribution in [0.4, 0.5) is 5.69 Å². The standard InChI is InChI=1S/C14H16N4O3/c15-14(5-8-21-9-14)12(19)17-10-1-3-11(4-2-10)18-7-6-16-13(18)20/h1-4,6-7H,5,8-9,15H2,(H,16,20)(H,17,19). The molecule has 110 valence electrons. The van der Waals surface area contributed by atoms with E-state index in [2.05, 4.69) is 10.3 Å². The number of amides is 1. The van der Waals surface area contributed by atoms with Crippen LogP contribution in [0.25, 0.3) is 5.69 Å². The van der Waals surface area contributed by atoms with Gasteiger partial charge in [0.15, 0.2) is 0 Å². The lowest BCUT2D eigenvalue weighted by Crippen LogP contribution is -2.51. The van der Waals surface area contributed by atoms with Crippen molar-refractivity contribution in [3.8, 4) is 5.69 Å². The quantitative estimate of drug-likeness (QED) is 0.752. The second-order valence-corrected chi connectivity index (χ2v) is 5.09. The fourth-order valence-electron chi connectivity index (χ4n) is 2.24. The van der Waals surface area contributed by atoms with Gasteiger partial charge in [0, 0.05) is 24.7 Å². The van der Waals surface area contributed by atoms with Gasteiger partial charge in [0.2, 0.25) is 5.91 Å². The molecule has 3 rings (SSSR count). The van der Waals surface area contributed by atoms with Crippen LogP contribution in [0.2, 0.25) is 0 Å². The number of carbonyl (C=O) groups is 1. The Kier molecular flexibility index (Phi) is 3.36. The normalized spacial score (nSPS) is 21.4. The maximum absolute atomic E-state index is 12.1. The fourth-order valence-corrected chi connectivity index (χ4v) is 2.24. The predicted octanol–water partition coefficient (Wildman–Crippen LogP) is 0.222. The molecule has 4 N–H and O–H groups in total. The van der Waals surface area contributed by atoms with Gasteiger partial charge in [-0.1, -0.05) is 0 Å². The Morgan fingerprint density at radius 3 is 2.71 bits per heavy atom. The first kappa shape index (κ1) is 13.6. The largest absolute Gasteiger partial charge is 0.379 e. The Balaban J connectivity index is 1.74. The summed E-state index contributed by atoms with van der Waals surface area (Å²) in [6.45, 7) is 0.731. The zero-order valence-corrected chi connectivity index (χ0v) is 11.3. The van der Waals surface area contributed by atoms with Crippen molar-refractivity contribution in [3.63, 3.8) is 0 Å². The van der Waals surface area contributed by atoms with E-state index in [-0.39, 0.29) is 18.2 Å². The molecule has 1 aliphatic rings. The summed E-state index contributed by atoms with van der Waals surface area (Å²) in [7, 11) is 0. The minimum Gasteiger partial charge on any atom is -0.379 e. The molecule has 1 aliphatic heterocycles. The molecular formula is C14H16N4O3. The van der Waals surface area contributed by atoms with Crippen molar-refractivity contribution in [2.45, 2.75) is 12.0 Å². The van der Waals surface area contributed by atoms with Gasteiger partial charge in [0.1, 0.15) is 5.54 Å². The molecule has 1 aromatic heterocycles. The van der Waals surface area contributed by atoms with E-state index in [1.807, 2.05) is 0 Å². The Morgan fingerprint density at radius 2 is 2.14 bits per heavy atom. The molecule has 0 saturated carbocycles. The van der Waals surface area contributed by atoms with Crippen LogP contribution >= 0.6 is 0 Å². The number of aromatic nitrogens is 2. The van der Waals surface area contributed by atoms with Gasteiger partial charge < -0.3 is 20.8 Å². The van der Waals surface area contributed by atoms with E-state index in [0.717, 1.165) is 0 Å². The number of imidazole rings is 1. The monoisotopic (exact) mass is 288 g/mol. The van der Waals surface area contributed by atoms with Crippen molar-refractivity contribution in [2.24, 2.45) is 5.73 Å². The average Bonchev–Trinajstić information content (AvgIpc) is 3.09. The van der Waals surface area contributed by atoms with Crippen molar-refractivity contribution in [1.29, 1.82) is 0 Å². The van der Waals surface area contributed by atoms with Crippen molar-refractivity contribution in [1.82, 2.24) is 9.55 Å². The lowest BCUT2D eigenvalue weighted by atomic mass is 9.99. The third-order valence-electron chi connectivity index (χ3n) is 3.56. The summed E-state index contributed by atoms with van der Waals surface area (Å²) >= 11 is 0. The first-order chi connectivity index (χ1) is 10.1. The lowest BCUT2D eigenvalue weighted by Gasteiger charge is -2.20. The van der Waals surface area contributed by atoms with Crippen molar-refractivity contribution >= 4 is 11.6 Å². The number of anilines is 1. The second-order valence-electron chi connectivity index (χ2n) is 5.09. The number of nitrogens with zero attached hydrogens (tertiary/aromatic N) is 1. The predicted molar refractivity (Wildman–Crippen MR) is 77.4 cm³/mol. The number of rotatable bonds is 3. The molecule has 1 amide bonds. The van der Waals surface area contributed by atoms with Crippen LogP contribution in [0, 0.1) is 0 Å². The number of ether oxygens (including phenoxy) is 1. The summed E-state index contributed by atoms with van der Waals surface area (Å²) in [5.41, 5.74) is 6.16. The summed E-state index contributed by atoms with van der Waals surface area (Å²) in [4.78, 5) is 26.2. The van der Waals surface area contributed by atoms with E-state index < -0.39 is 5.54 Å². The minimum absolute atomic E-state index is 0.212. The van der Waals surface area contributed by atoms with E-state index in [0.29, 0.717) is 24.4 Å². The number of aromatic amines is 1. The van der Waals surface area contributed by atoms with Gasteiger partial charge in [0.05, 0.1) is 12.3 Å². The van der Waals surface area contributed by atoms with Crippen LogP contribution in [0.15, 0.2) is 41.5 Å². The van der Waals surface area contributed by atoms with Crippen molar-refractivity contribution in [2.75, 3.05) is 18.5 Å². The van der Waals surface area contributed by atoms with Crippen LogP contribution in [0.3, 0.4) is 0 Å². The summed E-state index contributed by atoms with van der Waals surface area (Å²) in [5.74, 6) is -0.258. The van der Waals surface area contributed by atoms with Gasteiger partial charge in [-0.05, 0) is 30.7 Å². The average molecular weight is 288 g/mol. The Hall–Kier alpha value is -2.38. The molecule has 7 heteroatoms. The molecule has 0 spiro atoms. The highest BCUT2D eigenvalue weighted by Gasteiger charge is 2.38. The molecule has 0 radical (unpaired) electrons. The smallest absolute Gasteiger partial charge is 0.330 e. The number of nitrogens with one attached hydrogen (secondary N) is 2. The molecular weight excluding hydrogens is 272 g/mol. The van der Waals surface area contributed by atoms with Crippen LogP contribution in [-0.4, -0.2) is 34.2 Å². The third kappa shape index (κ3) is 2.61. The molecule has 1 unspecified atom stereocenters. The fraction of sp³-hybridized carbons (Fsp3) is 0.286. The van der Waals surface area contributed by atoms with Crippen LogP contribution in [0.1, 0.15) is 6.42 Å². The van der Waals surface area contributed by atoms with E-state index in [9.17, 15) is 9.59 Å². The molecule has 2 aromatic rings. The van der Waals surface area contributed by atoms with Gasteiger partial charge in [-0.15, -0.1) is 0 Å². The molecule has 7 nitrogen and oxygen atoms in total. The zero-order chi connectivity index (χ0) is 14.9. The third-order valence-corrected chi connectivity index (χ3v) is 3.56. The lowest BCUT2D eigenvalue weighted by molar-refractivity contribution is -0.121. The zero-order valence-electron chi connectivity index (χ0n) is 11.3. The Morgan fingerprint density at radius 1 is 1.38 bits per heavy atom. The number of carbonyl (C=O) groups excluding carboxylic acids is 1. The second kappa shape index (κ2) is 5.19. The van der Waals surface area contributed by atoms with E-state index in [1.54, 1.807) is 36.7 Å². The number of hydrogen-bond acceptors (Lipinski definition) is 4. The summed E-state index contributed by atoms with van der Waals surface area (Å²) < 4.78 is 6.65. The highest BCUT2D eigenvalue weighted by molar-refractivity contribution is 5.98. The number of benzene rings is 1. The SMILES string of the molecule is NC1(C(=O)Nc2ccc(-n3cc[nH]c3=O)cc2)CCOC1. The molecule has 1 fully saturated rings.